The number of aromatic nitrogens is 2. The van der Waals surface area contributed by atoms with Crippen LogP contribution < -0.4 is 10.6 Å². The standard InChI is InChI=1S/C17H14Cl2N4O/c18-14-5-2-1-4-12(14)11-20-17(24)22-13-6-7-16(15(19)10-13)23-9-3-8-21-23/h1-10H,11H2,(H2,20,22,24). The maximum Gasteiger partial charge on any atom is 0.319 e. The lowest BCUT2D eigenvalue weighted by molar-refractivity contribution is 0.252. The minimum atomic E-state index is -0.335. The maximum atomic E-state index is 12.0. The van der Waals surface area contributed by atoms with E-state index in [4.69, 9.17) is 23.2 Å². The van der Waals surface area contributed by atoms with Gasteiger partial charge in [0.2, 0.25) is 0 Å². The van der Waals surface area contributed by atoms with Crippen LogP contribution in [0.3, 0.4) is 0 Å². The summed E-state index contributed by atoms with van der Waals surface area (Å²) in [4.78, 5) is 12.0. The van der Waals surface area contributed by atoms with Crippen molar-refractivity contribution in [2.24, 2.45) is 0 Å². The monoisotopic (exact) mass is 360 g/mol. The van der Waals surface area contributed by atoms with E-state index < -0.39 is 0 Å². The lowest BCUT2D eigenvalue weighted by atomic mass is 10.2. The number of hydrogen-bond acceptors (Lipinski definition) is 2. The summed E-state index contributed by atoms with van der Waals surface area (Å²) in [5, 5.41) is 10.7. The SMILES string of the molecule is O=C(NCc1ccccc1Cl)Nc1ccc(-n2cccn2)c(Cl)c1. The van der Waals surface area contributed by atoms with Crippen LogP contribution in [0.15, 0.2) is 60.9 Å². The van der Waals surface area contributed by atoms with Crippen LogP contribution in [0.5, 0.6) is 0 Å². The fourth-order valence-corrected chi connectivity index (χ4v) is 2.64. The number of amides is 2. The Morgan fingerprint density at radius 1 is 1.08 bits per heavy atom. The fraction of sp³-hybridized carbons (Fsp3) is 0.0588. The van der Waals surface area contributed by atoms with Gasteiger partial charge in [0.15, 0.2) is 0 Å². The van der Waals surface area contributed by atoms with Gasteiger partial charge in [-0.2, -0.15) is 5.10 Å². The van der Waals surface area contributed by atoms with Crippen molar-refractivity contribution in [1.29, 1.82) is 0 Å². The summed E-state index contributed by atoms with van der Waals surface area (Å²) in [5.74, 6) is 0. The molecule has 0 saturated heterocycles. The third-order valence-electron chi connectivity index (χ3n) is 3.35. The number of nitrogens with zero attached hydrogens (tertiary/aromatic N) is 2. The van der Waals surface area contributed by atoms with Crippen molar-refractivity contribution in [3.8, 4) is 5.69 Å². The van der Waals surface area contributed by atoms with Gasteiger partial charge >= 0.3 is 6.03 Å². The molecule has 0 spiro atoms. The molecule has 0 aliphatic heterocycles. The van der Waals surface area contributed by atoms with Gasteiger partial charge in [-0.3, -0.25) is 0 Å². The van der Waals surface area contributed by atoms with E-state index in [0.717, 1.165) is 11.3 Å². The van der Waals surface area contributed by atoms with E-state index in [2.05, 4.69) is 15.7 Å². The van der Waals surface area contributed by atoms with E-state index in [-0.39, 0.29) is 6.03 Å². The molecule has 0 aliphatic rings. The lowest BCUT2D eigenvalue weighted by Crippen LogP contribution is -2.28. The molecule has 2 aromatic carbocycles. The number of carbonyl (C=O) groups excluding carboxylic acids is 1. The highest BCUT2D eigenvalue weighted by Crippen LogP contribution is 2.23. The van der Waals surface area contributed by atoms with Crippen molar-refractivity contribution in [2.75, 3.05) is 5.32 Å². The molecule has 24 heavy (non-hydrogen) atoms. The number of urea groups is 1. The average molecular weight is 361 g/mol. The first-order chi connectivity index (χ1) is 11.6. The molecule has 0 saturated carbocycles. The molecule has 1 heterocycles. The third kappa shape index (κ3) is 3.88. The Kier molecular flexibility index (Phi) is 5.03. The largest absolute Gasteiger partial charge is 0.334 e. The van der Waals surface area contributed by atoms with Gasteiger partial charge in [0.1, 0.15) is 0 Å². The van der Waals surface area contributed by atoms with Crippen molar-refractivity contribution in [2.45, 2.75) is 6.54 Å². The molecule has 3 rings (SSSR count). The molecule has 122 valence electrons. The molecule has 2 N–H and O–H groups in total. The second kappa shape index (κ2) is 7.38. The van der Waals surface area contributed by atoms with Gasteiger partial charge in [-0.05, 0) is 35.9 Å². The first-order valence-electron chi connectivity index (χ1n) is 7.21. The molecule has 0 radical (unpaired) electrons. The van der Waals surface area contributed by atoms with Crippen molar-refractivity contribution < 1.29 is 4.79 Å². The number of anilines is 1. The van der Waals surface area contributed by atoms with Gasteiger partial charge in [-0.15, -0.1) is 0 Å². The Morgan fingerprint density at radius 3 is 2.62 bits per heavy atom. The lowest BCUT2D eigenvalue weighted by Gasteiger charge is -2.10. The molecule has 0 fully saturated rings. The molecule has 3 aromatic rings. The first kappa shape index (κ1) is 16.4. The zero-order valence-electron chi connectivity index (χ0n) is 12.5. The topological polar surface area (TPSA) is 59.0 Å². The predicted octanol–water partition coefficient (Wildman–Crippen LogP) is 4.50. The quantitative estimate of drug-likeness (QED) is 0.719. The predicted molar refractivity (Wildman–Crippen MR) is 95.9 cm³/mol. The Morgan fingerprint density at radius 2 is 1.92 bits per heavy atom. The Bertz CT molecular complexity index is 850. The maximum absolute atomic E-state index is 12.0. The number of rotatable bonds is 4. The van der Waals surface area contributed by atoms with Crippen LogP contribution in [0.4, 0.5) is 10.5 Å². The summed E-state index contributed by atoms with van der Waals surface area (Å²) < 4.78 is 1.66. The summed E-state index contributed by atoms with van der Waals surface area (Å²) in [6, 6.07) is 14.1. The van der Waals surface area contributed by atoms with Crippen LogP contribution in [0.2, 0.25) is 10.0 Å². The number of carbonyl (C=O) groups is 1. The van der Waals surface area contributed by atoms with Gasteiger partial charge in [0, 0.05) is 29.6 Å². The van der Waals surface area contributed by atoms with Gasteiger partial charge in [-0.25, -0.2) is 9.48 Å². The van der Waals surface area contributed by atoms with Gasteiger partial charge in [0.05, 0.1) is 10.7 Å². The van der Waals surface area contributed by atoms with Crippen LogP contribution >= 0.6 is 23.2 Å². The van der Waals surface area contributed by atoms with Gasteiger partial charge in [0.25, 0.3) is 0 Å². The highest BCUT2D eigenvalue weighted by molar-refractivity contribution is 6.32. The first-order valence-corrected chi connectivity index (χ1v) is 7.97. The van der Waals surface area contributed by atoms with Crippen molar-refractivity contribution in [3.05, 3.63) is 76.5 Å². The van der Waals surface area contributed by atoms with E-state index in [1.165, 1.54) is 0 Å². The zero-order valence-corrected chi connectivity index (χ0v) is 14.1. The summed E-state index contributed by atoms with van der Waals surface area (Å²) in [6.07, 6.45) is 3.47. The Labute approximate surface area is 149 Å². The molecule has 0 bridgehead atoms. The normalized spacial score (nSPS) is 10.4. The van der Waals surface area contributed by atoms with Crippen LogP contribution in [-0.4, -0.2) is 15.8 Å². The van der Waals surface area contributed by atoms with Crippen molar-refractivity contribution >= 4 is 34.9 Å². The number of hydrogen-bond donors (Lipinski definition) is 2. The van der Waals surface area contributed by atoms with Crippen LogP contribution in [0, 0.1) is 0 Å². The summed E-state index contributed by atoms with van der Waals surface area (Å²) in [6.45, 7) is 0.338. The minimum absolute atomic E-state index is 0.335. The molecule has 5 nitrogen and oxygen atoms in total. The molecule has 7 heteroatoms. The van der Waals surface area contributed by atoms with Gasteiger partial charge < -0.3 is 10.6 Å². The van der Waals surface area contributed by atoms with E-state index in [1.54, 1.807) is 41.3 Å². The van der Waals surface area contributed by atoms with Crippen LogP contribution in [-0.2, 0) is 6.54 Å². The number of halogens is 2. The molecule has 0 unspecified atom stereocenters. The number of nitrogens with one attached hydrogen (secondary N) is 2. The minimum Gasteiger partial charge on any atom is -0.334 e. The van der Waals surface area contributed by atoms with Crippen molar-refractivity contribution in [1.82, 2.24) is 15.1 Å². The zero-order chi connectivity index (χ0) is 16.9. The molecular weight excluding hydrogens is 347 g/mol. The Balaban J connectivity index is 1.62. The third-order valence-corrected chi connectivity index (χ3v) is 4.03. The Hall–Kier alpha value is -2.50. The van der Waals surface area contributed by atoms with Gasteiger partial charge in [-0.1, -0.05) is 41.4 Å². The van der Waals surface area contributed by atoms with Crippen molar-refractivity contribution in [3.63, 3.8) is 0 Å². The van der Waals surface area contributed by atoms with E-state index >= 15 is 0 Å². The summed E-state index contributed by atoms with van der Waals surface area (Å²) in [7, 11) is 0. The second-order valence-corrected chi connectivity index (χ2v) is 5.83. The molecule has 0 atom stereocenters. The summed E-state index contributed by atoms with van der Waals surface area (Å²) >= 11 is 12.3. The van der Waals surface area contributed by atoms with Crippen LogP contribution in [0.25, 0.3) is 5.69 Å². The van der Waals surface area contributed by atoms with Crippen LogP contribution in [0.1, 0.15) is 5.56 Å². The fourth-order valence-electron chi connectivity index (χ4n) is 2.17. The van der Waals surface area contributed by atoms with E-state index in [1.807, 2.05) is 24.3 Å². The molecule has 0 aliphatic carbocycles. The number of benzene rings is 2. The smallest absolute Gasteiger partial charge is 0.319 e. The van der Waals surface area contributed by atoms with E-state index in [9.17, 15) is 4.79 Å². The average Bonchev–Trinajstić information content (AvgIpc) is 3.08. The second-order valence-electron chi connectivity index (χ2n) is 5.02. The van der Waals surface area contributed by atoms with E-state index in [0.29, 0.717) is 22.3 Å². The molecule has 2 amide bonds. The highest BCUT2D eigenvalue weighted by Gasteiger charge is 2.07. The highest BCUT2D eigenvalue weighted by atomic mass is 35.5. The molecular formula is C17H14Cl2N4O. The summed E-state index contributed by atoms with van der Waals surface area (Å²) in [5.41, 5.74) is 2.18. The molecule has 1 aromatic heterocycles.